The Kier molecular flexibility index (Phi) is 5.49. The Hall–Kier alpha value is -3.46. The van der Waals surface area contributed by atoms with Crippen molar-refractivity contribution < 1.29 is 13.9 Å². The zero-order valence-electron chi connectivity index (χ0n) is 16.9. The van der Waals surface area contributed by atoms with Gasteiger partial charge < -0.3 is 9.15 Å². The Labute approximate surface area is 200 Å². The van der Waals surface area contributed by atoms with Gasteiger partial charge in [0.05, 0.1) is 15.6 Å². The number of thiazole rings is 1. The smallest absolute Gasteiger partial charge is 0.308 e. The number of para-hydroxylation sites is 1. The topological polar surface area (TPSA) is 86.7 Å². The Bertz CT molecular complexity index is 1640. The number of ether oxygens (including phenoxy) is 1. The second-order valence-corrected chi connectivity index (χ2v) is 8.79. The van der Waals surface area contributed by atoms with E-state index in [1.807, 2.05) is 0 Å². The molecule has 33 heavy (non-hydrogen) atoms. The van der Waals surface area contributed by atoms with Gasteiger partial charge in [-0.1, -0.05) is 46.7 Å². The van der Waals surface area contributed by atoms with Gasteiger partial charge in [0.15, 0.2) is 5.82 Å². The lowest BCUT2D eigenvalue weighted by Crippen LogP contribution is -2.23. The molecule has 0 radical (unpaired) electrons. The molecular weight excluding hydrogens is 485 g/mol. The highest BCUT2D eigenvalue weighted by molar-refractivity contribution is 7.15. The molecule has 0 saturated heterocycles. The molecule has 7 nitrogen and oxygen atoms in total. The third-order valence-corrected chi connectivity index (χ3v) is 6.37. The first kappa shape index (κ1) is 21.4. The summed E-state index contributed by atoms with van der Waals surface area (Å²) >= 11 is 13.2. The molecule has 0 aliphatic rings. The highest BCUT2D eigenvalue weighted by atomic mass is 35.5. The first-order valence-electron chi connectivity index (χ1n) is 9.63. The van der Waals surface area contributed by atoms with Gasteiger partial charge in [-0.3, -0.25) is 9.59 Å². The first-order valence-corrected chi connectivity index (χ1v) is 11.2. The van der Waals surface area contributed by atoms with E-state index in [1.54, 1.807) is 60.7 Å². The van der Waals surface area contributed by atoms with E-state index in [-0.39, 0.29) is 5.56 Å². The summed E-state index contributed by atoms with van der Waals surface area (Å²) in [5.74, 6) is 1.26. The minimum atomic E-state index is -0.455. The van der Waals surface area contributed by atoms with Crippen molar-refractivity contribution in [3.05, 3.63) is 85.3 Å². The number of carbonyl (C=O) groups excluding carboxylic acids is 1. The molecule has 0 bridgehead atoms. The third-order valence-electron chi connectivity index (χ3n) is 4.67. The molecule has 0 fully saturated rings. The summed E-state index contributed by atoms with van der Waals surface area (Å²) in [6.45, 7) is 1.31. The molecule has 0 unspecified atom stereocenters. The van der Waals surface area contributed by atoms with Crippen molar-refractivity contribution in [1.82, 2.24) is 14.6 Å². The zero-order chi connectivity index (χ0) is 23.1. The fourth-order valence-electron chi connectivity index (χ4n) is 3.21. The molecule has 3 heterocycles. The van der Waals surface area contributed by atoms with Crippen molar-refractivity contribution in [2.75, 3.05) is 0 Å². The Morgan fingerprint density at radius 1 is 1.12 bits per heavy atom. The summed E-state index contributed by atoms with van der Waals surface area (Å²) in [6, 6.07) is 15.6. The van der Waals surface area contributed by atoms with Gasteiger partial charge in [-0.05, 0) is 42.5 Å². The van der Waals surface area contributed by atoms with E-state index in [0.717, 1.165) is 5.56 Å². The van der Waals surface area contributed by atoms with E-state index < -0.39 is 5.97 Å². The number of aromatic nitrogens is 3. The van der Waals surface area contributed by atoms with Gasteiger partial charge in [0, 0.05) is 18.6 Å². The van der Waals surface area contributed by atoms with Crippen LogP contribution in [0.2, 0.25) is 10.0 Å². The van der Waals surface area contributed by atoms with Crippen molar-refractivity contribution in [2.45, 2.75) is 6.92 Å². The average molecular weight is 498 g/mol. The van der Waals surface area contributed by atoms with E-state index in [1.165, 1.54) is 22.8 Å². The first-order chi connectivity index (χ1) is 15.9. The summed E-state index contributed by atoms with van der Waals surface area (Å²) in [4.78, 5) is 29.1. The van der Waals surface area contributed by atoms with Crippen molar-refractivity contribution in [2.24, 2.45) is 0 Å². The van der Waals surface area contributed by atoms with Gasteiger partial charge in [-0.25, -0.2) is 0 Å². The number of furan rings is 1. The second kappa shape index (κ2) is 8.47. The summed E-state index contributed by atoms with van der Waals surface area (Å²) < 4.78 is 12.7. The van der Waals surface area contributed by atoms with Gasteiger partial charge in [0.2, 0.25) is 4.96 Å². The Balaban J connectivity index is 1.50. The molecule has 3 aromatic heterocycles. The SMILES string of the molecule is CC(=O)Oc1ccccc1-c1nc2sc(=Cc3ccc(-c4ccc(Cl)c(Cl)c4)o3)c(=O)n2n1. The minimum absolute atomic E-state index is 0.293. The van der Waals surface area contributed by atoms with Crippen LogP contribution in [0.5, 0.6) is 5.75 Å². The molecular formula is C23H13Cl2N3O4S. The van der Waals surface area contributed by atoms with E-state index in [4.69, 9.17) is 32.4 Å². The Morgan fingerprint density at radius 2 is 1.94 bits per heavy atom. The standard InChI is InChI=1S/C23H13Cl2N3O4S/c1-12(29)31-19-5-3-2-4-15(19)21-26-23-28(27-21)22(30)20(33-23)11-14-7-9-18(32-14)13-6-8-16(24)17(25)10-13/h2-11H,1H3. The molecule has 0 N–H and O–H groups in total. The molecule has 5 aromatic rings. The monoisotopic (exact) mass is 497 g/mol. The number of carbonyl (C=O) groups is 1. The number of benzene rings is 2. The average Bonchev–Trinajstić information content (AvgIpc) is 3.48. The van der Waals surface area contributed by atoms with Crippen LogP contribution in [0.3, 0.4) is 0 Å². The van der Waals surface area contributed by atoms with E-state index >= 15 is 0 Å². The largest absolute Gasteiger partial charge is 0.457 e. The van der Waals surface area contributed by atoms with Crippen molar-refractivity contribution in [3.8, 4) is 28.5 Å². The molecule has 10 heteroatoms. The fourth-order valence-corrected chi connectivity index (χ4v) is 4.39. The molecule has 5 rings (SSSR count). The van der Waals surface area contributed by atoms with Gasteiger partial charge in [0.1, 0.15) is 21.8 Å². The van der Waals surface area contributed by atoms with Crippen LogP contribution in [0, 0.1) is 0 Å². The molecule has 164 valence electrons. The number of esters is 1. The predicted octanol–water partition coefficient (Wildman–Crippen LogP) is 4.86. The van der Waals surface area contributed by atoms with Crippen LogP contribution >= 0.6 is 34.5 Å². The normalized spacial score (nSPS) is 11.9. The number of hydrogen-bond acceptors (Lipinski definition) is 7. The molecule has 0 spiro atoms. The molecule has 0 aliphatic carbocycles. The molecule has 0 saturated carbocycles. The third kappa shape index (κ3) is 4.16. The van der Waals surface area contributed by atoms with Crippen LogP contribution in [0.15, 0.2) is 63.8 Å². The van der Waals surface area contributed by atoms with Crippen molar-refractivity contribution in [1.29, 1.82) is 0 Å². The molecule has 2 aromatic carbocycles. The lowest BCUT2D eigenvalue weighted by molar-refractivity contribution is -0.131. The number of hydrogen-bond donors (Lipinski definition) is 0. The van der Waals surface area contributed by atoms with Crippen LogP contribution in [-0.4, -0.2) is 20.6 Å². The number of nitrogens with zero attached hydrogens (tertiary/aromatic N) is 3. The van der Waals surface area contributed by atoms with E-state index in [0.29, 0.717) is 48.2 Å². The highest BCUT2D eigenvalue weighted by Crippen LogP contribution is 2.30. The highest BCUT2D eigenvalue weighted by Gasteiger charge is 2.16. The van der Waals surface area contributed by atoms with E-state index in [2.05, 4.69) is 10.1 Å². The van der Waals surface area contributed by atoms with Gasteiger partial charge >= 0.3 is 5.97 Å². The van der Waals surface area contributed by atoms with Crippen LogP contribution in [0.4, 0.5) is 0 Å². The summed E-state index contributed by atoms with van der Waals surface area (Å²) in [5, 5.41) is 5.20. The van der Waals surface area contributed by atoms with E-state index in [9.17, 15) is 9.59 Å². The maximum Gasteiger partial charge on any atom is 0.308 e. The predicted molar refractivity (Wildman–Crippen MR) is 127 cm³/mol. The molecule has 0 amide bonds. The maximum atomic E-state index is 12.9. The number of rotatable bonds is 4. The second-order valence-electron chi connectivity index (χ2n) is 6.97. The van der Waals surface area contributed by atoms with Gasteiger partial charge in [0.25, 0.3) is 5.56 Å². The van der Waals surface area contributed by atoms with Crippen LogP contribution in [-0.2, 0) is 4.79 Å². The molecule has 0 aliphatic heterocycles. The number of halogens is 2. The molecule has 0 atom stereocenters. The van der Waals surface area contributed by atoms with Crippen LogP contribution in [0.25, 0.3) is 33.7 Å². The zero-order valence-corrected chi connectivity index (χ0v) is 19.2. The van der Waals surface area contributed by atoms with Crippen LogP contribution < -0.4 is 14.8 Å². The van der Waals surface area contributed by atoms with Gasteiger partial charge in [-0.2, -0.15) is 9.50 Å². The summed E-state index contributed by atoms with van der Waals surface area (Å²) in [6.07, 6.45) is 1.64. The Morgan fingerprint density at radius 3 is 2.70 bits per heavy atom. The quantitative estimate of drug-likeness (QED) is 0.260. The summed E-state index contributed by atoms with van der Waals surface area (Å²) in [7, 11) is 0. The van der Waals surface area contributed by atoms with Gasteiger partial charge in [-0.15, -0.1) is 5.10 Å². The maximum absolute atomic E-state index is 12.9. The lowest BCUT2D eigenvalue weighted by Gasteiger charge is -2.04. The fraction of sp³-hybridized carbons (Fsp3) is 0.0435. The van der Waals surface area contributed by atoms with Crippen LogP contribution in [0.1, 0.15) is 12.7 Å². The minimum Gasteiger partial charge on any atom is -0.457 e. The summed E-state index contributed by atoms with van der Waals surface area (Å²) in [5.41, 5.74) is 0.960. The lowest BCUT2D eigenvalue weighted by atomic mass is 10.2. The number of fused-ring (bicyclic) bond motifs is 1. The van der Waals surface area contributed by atoms with Crippen molar-refractivity contribution in [3.63, 3.8) is 0 Å². The van der Waals surface area contributed by atoms with Crippen molar-refractivity contribution >= 4 is 51.5 Å².